The van der Waals surface area contributed by atoms with Crippen molar-refractivity contribution < 1.29 is 18.3 Å². The molecule has 0 aromatic heterocycles. The van der Waals surface area contributed by atoms with E-state index >= 15 is 0 Å². The predicted molar refractivity (Wildman–Crippen MR) is 81.2 cm³/mol. The van der Waals surface area contributed by atoms with E-state index in [1.807, 2.05) is 31.2 Å². The SMILES string of the molecule is Cc1ccc(C(C)N(C)S(=O)(=O)N(C)CCC(=O)O)cc1. The Hall–Kier alpha value is -1.44. The third kappa shape index (κ3) is 4.52. The topological polar surface area (TPSA) is 77.9 Å². The fourth-order valence-corrected chi connectivity index (χ4v) is 3.13. The number of carboxylic acids is 1. The van der Waals surface area contributed by atoms with Crippen LogP contribution in [0.15, 0.2) is 24.3 Å². The van der Waals surface area contributed by atoms with Crippen LogP contribution in [0.25, 0.3) is 0 Å². The summed E-state index contributed by atoms with van der Waals surface area (Å²) in [6, 6.07) is 7.32. The van der Waals surface area contributed by atoms with Crippen molar-refractivity contribution in [2.75, 3.05) is 20.6 Å². The minimum absolute atomic E-state index is 0.0530. The molecule has 21 heavy (non-hydrogen) atoms. The third-order valence-corrected chi connectivity index (χ3v) is 5.52. The lowest BCUT2D eigenvalue weighted by atomic mass is 10.1. The van der Waals surface area contributed by atoms with Gasteiger partial charge in [-0.05, 0) is 19.4 Å². The first kappa shape index (κ1) is 17.6. The van der Waals surface area contributed by atoms with Crippen molar-refractivity contribution in [3.05, 3.63) is 35.4 Å². The van der Waals surface area contributed by atoms with Crippen LogP contribution in [0.1, 0.15) is 30.5 Å². The smallest absolute Gasteiger partial charge is 0.304 e. The van der Waals surface area contributed by atoms with Crippen LogP contribution in [0.4, 0.5) is 0 Å². The molecule has 1 aromatic carbocycles. The first-order valence-corrected chi connectivity index (χ1v) is 8.03. The molecule has 0 saturated carbocycles. The summed E-state index contributed by atoms with van der Waals surface area (Å²) in [6.45, 7) is 3.71. The van der Waals surface area contributed by atoms with Crippen LogP contribution in [0.5, 0.6) is 0 Å². The molecule has 0 heterocycles. The van der Waals surface area contributed by atoms with Gasteiger partial charge in [-0.15, -0.1) is 0 Å². The van der Waals surface area contributed by atoms with Crippen LogP contribution < -0.4 is 0 Å². The summed E-state index contributed by atoms with van der Waals surface area (Å²) in [5.41, 5.74) is 1.99. The van der Waals surface area contributed by atoms with E-state index in [0.717, 1.165) is 15.4 Å². The van der Waals surface area contributed by atoms with Crippen molar-refractivity contribution in [2.24, 2.45) is 0 Å². The molecule has 0 aliphatic rings. The lowest BCUT2D eigenvalue weighted by Crippen LogP contribution is -2.41. The summed E-state index contributed by atoms with van der Waals surface area (Å²) in [4.78, 5) is 10.6. The van der Waals surface area contributed by atoms with Crippen molar-refractivity contribution in [3.63, 3.8) is 0 Å². The highest BCUT2D eigenvalue weighted by atomic mass is 32.2. The fraction of sp³-hybridized carbons (Fsp3) is 0.500. The largest absolute Gasteiger partial charge is 0.481 e. The van der Waals surface area contributed by atoms with Crippen LogP contribution in [0.2, 0.25) is 0 Å². The van der Waals surface area contributed by atoms with Gasteiger partial charge in [0, 0.05) is 26.7 Å². The Morgan fingerprint density at radius 1 is 1.24 bits per heavy atom. The van der Waals surface area contributed by atoms with Crippen LogP contribution in [-0.2, 0) is 15.0 Å². The maximum atomic E-state index is 12.4. The normalized spacial score (nSPS) is 13.6. The van der Waals surface area contributed by atoms with Crippen LogP contribution in [0, 0.1) is 6.92 Å². The van der Waals surface area contributed by atoms with Crippen molar-refractivity contribution in [1.29, 1.82) is 0 Å². The number of nitrogens with zero attached hydrogens (tertiary/aromatic N) is 2. The Morgan fingerprint density at radius 2 is 1.76 bits per heavy atom. The van der Waals surface area contributed by atoms with Crippen molar-refractivity contribution in [3.8, 4) is 0 Å². The number of carboxylic acid groups (broad SMARTS) is 1. The number of aliphatic carboxylic acids is 1. The summed E-state index contributed by atoms with van der Waals surface area (Å²) >= 11 is 0. The number of hydrogen-bond donors (Lipinski definition) is 1. The fourth-order valence-electron chi connectivity index (χ4n) is 1.84. The second-order valence-electron chi connectivity index (χ2n) is 5.08. The van der Waals surface area contributed by atoms with Crippen molar-refractivity contribution in [2.45, 2.75) is 26.3 Å². The van der Waals surface area contributed by atoms with Gasteiger partial charge in [-0.25, -0.2) is 0 Å². The van der Waals surface area contributed by atoms with Gasteiger partial charge in [-0.2, -0.15) is 17.0 Å². The zero-order chi connectivity index (χ0) is 16.2. The summed E-state index contributed by atoms with van der Waals surface area (Å²) < 4.78 is 27.1. The van der Waals surface area contributed by atoms with Crippen LogP contribution in [0.3, 0.4) is 0 Å². The third-order valence-electron chi connectivity index (χ3n) is 3.50. The number of carbonyl (C=O) groups is 1. The maximum Gasteiger partial charge on any atom is 0.304 e. The first-order valence-electron chi connectivity index (χ1n) is 6.64. The molecule has 0 radical (unpaired) electrons. The number of rotatable bonds is 7. The van der Waals surface area contributed by atoms with E-state index in [-0.39, 0.29) is 19.0 Å². The molecule has 1 aromatic rings. The first-order chi connectivity index (χ1) is 9.66. The molecule has 6 nitrogen and oxygen atoms in total. The van der Waals surface area contributed by atoms with Gasteiger partial charge in [0.15, 0.2) is 0 Å². The van der Waals surface area contributed by atoms with Gasteiger partial charge in [0.25, 0.3) is 10.2 Å². The lowest BCUT2D eigenvalue weighted by Gasteiger charge is -2.29. The van der Waals surface area contributed by atoms with E-state index in [1.165, 1.54) is 18.4 Å². The minimum atomic E-state index is -3.69. The Kier molecular flexibility index (Phi) is 5.88. The van der Waals surface area contributed by atoms with E-state index in [0.29, 0.717) is 0 Å². The van der Waals surface area contributed by atoms with Gasteiger partial charge < -0.3 is 5.11 Å². The summed E-state index contributed by atoms with van der Waals surface area (Å²) in [5.74, 6) is -1.02. The molecular formula is C14H22N2O4S. The van der Waals surface area contributed by atoms with Crippen LogP contribution >= 0.6 is 0 Å². The summed E-state index contributed by atoms with van der Waals surface area (Å²) in [7, 11) is -0.806. The zero-order valence-corrected chi connectivity index (χ0v) is 13.6. The predicted octanol–water partition coefficient (Wildman–Crippen LogP) is 1.64. The van der Waals surface area contributed by atoms with Crippen molar-refractivity contribution >= 4 is 16.2 Å². The molecule has 1 N–H and O–H groups in total. The van der Waals surface area contributed by atoms with Crippen LogP contribution in [-0.4, -0.2) is 48.7 Å². The molecular weight excluding hydrogens is 292 g/mol. The molecule has 0 bridgehead atoms. The van der Waals surface area contributed by atoms with Gasteiger partial charge >= 0.3 is 5.97 Å². The Bertz CT molecular complexity index is 583. The van der Waals surface area contributed by atoms with Gasteiger partial charge in [-0.3, -0.25) is 4.79 Å². The van der Waals surface area contributed by atoms with E-state index in [2.05, 4.69) is 0 Å². The Morgan fingerprint density at radius 3 is 2.24 bits per heavy atom. The average molecular weight is 314 g/mol. The minimum Gasteiger partial charge on any atom is -0.481 e. The molecule has 0 fully saturated rings. The molecule has 1 unspecified atom stereocenters. The standard InChI is InChI=1S/C14H22N2O4S/c1-11-5-7-13(8-6-11)12(2)16(4)21(19,20)15(3)10-9-14(17)18/h5-8,12H,9-10H2,1-4H3,(H,17,18). The van der Waals surface area contributed by atoms with Crippen molar-refractivity contribution in [1.82, 2.24) is 8.61 Å². The van der Waals surface area contributed by atoms with Gasteiger partial charge in [0.05, 0.1) is 6.42 Å². The quantitative estimate of drug-likeness (QED) is 0.830. The molecule has 0 aliphatic carbocycles. The van der Waals surface area contributed by atoms with E-state index in [9.17, 15) is 13.2 Å². The molecule has 1 rings (SSSR count). The van der Waals surface area contributed by atoms with E-state index < -0.39 is 16.2 Å². The highest BCUT2D eigenvalue weighted by molar-refractivity contribution is 7.86. The second kappa shape index (κ2) is 7.02. The summed E-state index contributed by atoms with van der Waals surface area (Å²) in [6.07, 6.45) is -0.220. The van der Waals surface area contributed by atoms with Gasteiger partial charge in [0.1, 0.15) is 0 Å². The lowest BCUT2D eigenvalue weighted by molar-refractivity contribution is -0.137. The maximum absolute atomic E-state index is 12.4. The molecule has 118 valence electrons. The van der Waals surface area contributed by atoms with Gasteiger partial charge in [0.2, 0.25) is 0 Å². The molecule has 0 amide bonds. The van der Waals surface area contributed by atoms with E-state index in [4.69, 9.17) is 5.11 Å². The van der Waals surface area contributed by atoms with Gasteiger partial charge in [-0.1, -0.05) is 29.8 Å². The molecule has 0 spiro atoms. The van der Waals surface area contributed by atoms with E-state index in [1.54, 1.807) is 6.92 Å². The Labute approximate surface area is 126 Å². The number of aryl methyl sites for hydroxylation is 1. The molecule has 1 atom stereocenters. The average Bonchev–Trinajstić information content (AvgIpc) is 2.43. The number of benzene rings is 1. The highest BCUT2D eigenvalue weighted by Crippen LogP contribution is 2.23. The number of hydrogen-bond acceptors (Lipinski definition) is 3. The zero-order valence-electron chi connectivity index (χ0n) is 12.8. The molecule has 0 saturated heterocycles. The highest BCUT2D eigenvalue weighted by Gasteiger charge is 2.28. The second-order valence-corrected chi connectivity index (χ2v) is 7.17. The molecule has 0 aliphatic heterocycles. The molecule has 7 heteroatoms. The monoisotopic (exact) mass is 314 g/mol. The Balaban J connectivity index is 2.86. The summed E-state index contributed by atoms with van der Waals surface area (Å²) in [5, 5.41) is 8.64.